The highest BCUT2D eigenvalue weighted by Crippen LogP contribution is 2.49. The Balaban J connectivity index is 1.37. The Bertz CT molecular complexity index is 1160. The maximum atomic E-state index is 15.4. The summed E-state index contributed by atoms with van der Waals surface area (Å²) in [5, 5.41) is 10.4. The minimum absolute atomic E-state index is 0.0772. The average molecular weight is 541 g/mol. The van der Waals surface area contributed by atoms with Gasteiger partial charge in [-0.05, 0) is 49.9 Å². The molecule has 1 aliphatic carbocycles. The van der Waals surface area contributed by atoms with Gasteiger partial charge in [-0.1, -0.05) is 64.2 Å². The van der Waals surface area contributed by atoms with Gasteiger partial charge in [-0.2, -0.15) is 0 Å². The summed E-state index contributed by atoms with van der Waals surface area (Å²) >= 11 is 18.4. The molecule has 1 saturated carbocycles. The summed E-state index contributed by atoms with van der Waals surface area (Å²) in [5.74, 6) is -1.03. The standard InChI is InChI=1S/C25H25Cl3FN3O3/c1-3-30-21(33)13-31-23(34)15-10-25(29,11-15)16-6-4-14(5-7-16)20-12-24(2,35-32-20)17-8-18(26)22(28)19(27)9-17/h4-9,15H,3,10-13H2,1-2H3,(H,30,33)(H,31,34). The monoisotopic (exact) mass is 539 g/mol. The predicted molar refractivity (Wildman–Crippen MR) is 135 cm³/mol. The van der Waals surface area contributed by atoms with E-state index in [-0.39, 0.29) is 36.2 Å². The van der Waals surface area contributed by atoms with Gasteiger partial charge in [-0.15, -0.1) is 0 Å². The first kappa shape index (κ1) is 25.7. The second kappa shape index (κ2) is 9.96. The summed E-state index contributed by atoms with van der Waals surface area (Å²) in [7, 11) is 0. The molecule has 1 unspecified atom stereocenters. The lowest BCUT2D eigenvalue weighted by Crippen LogP contribution is -2.47. The van der Waals surface area contributed by atoms with Crippen molar-refractivity contribution in [3.05, 3.63) is 68.2 Å². The Kier molecular flexibility index (Phi) is 7.32. The molecule has 2 N–H and O–H groups in total. The topological polar surface area (TPSA) is 79.8 Å². The SMILES string of the molecule is CCNC(=O)CNC(=O)C1CC(F)(c2ccc(C3=NOC(C)(c4cc(Cl)c(Cl)c(Cl)c4)C3)cc2)C1. The van der Waals surface area contributed by atoms with Crippen molar-refractivity contribution in [3.63, 3.8) is 0 Å². The van der Waals surface area contributed by atoms with Gasteiger partial charge in [0, 0.05) is 24.4 Å². The third-order valence-electron chi connectivity index (χ3n) is 6.50. The molecule has 35 heavy (non-hydrogen) atoms. The number of rotatable bonds is 7. The third-order valence-corrected chi connectivity index (χ3v) is 7.70. The quantitative estimate of drug-likeness (QED) is 0.454. The summed E-state index contributed by atoms with van der Waals surface area (Å²) in [5.41, 5.74) is 0.433. The van der Waals surface area contributed by atoms with Crippen LogP contribution >= 0.6 is 34.8 Å². The highest BCUT2D eigenvalue weighted by molar-refractivity contribution is 6.48. The van der Waals surface area contributed by atoms with Crippen LogP contribution < -0.4 is 10.6 Å². The number of benzene rings is 2. The average Bonchev–Trinajstić information content (AvgIpc) is 3.22. The van der Waals surface area contributed by atoms with Crippen LogP contribution in [0.3, 0.4) is 0 Å². The zero-order chi connectivity index (χ0) is 25.4. The summed E-state index contributed by atoms with van der Waals surface area (Å²) in [4.78, 5) is 29.5. The molecule has 1 aliphatic heterocycles. The van der Waals surface area contributed by atoms with Gasteiger partial charge in [0.25, 0.3) is 0 Å². The van der Waals surface area contributed by atoms with Gasteiger partial charge < -0.3 is 15.5 Å². The maximum Gasteiger partial charge on any atom is 0.239 e. The number of alkyl halides is 1. The van der Waals surface area contributed by atoms with Gasteiger partial charge in [0.15, 0.2) is 5.60 Å². The number of oxime groups is 1. The molecule has 1 heterocycles. The second-order valence-corrected chi connectivity index (χ2v) is 10.3. The lowest BCUT2D eigenvalue weighted by Gasteiger charge is -2.40. The molecule has 1 atom stereocenters. The van der Waals surface area contributed by atoms with Gasteiger partial charge in [-0.3, -0.25) is 9.59 Å². The van der Waals surface area contributed by atoms with E-state index in [0.29, 0.717) is 34.3 Å². The lowest BCUT2D eigenvalue weighted by atomic mass is 9.68. The predicted octanol–water partition coefficient (Wildman–Crippen LogP) is 5.51. The first-order chi connectivity index (χ1) is 16.5. The smallest absolute Gasteiger partial charge is 0.239 e. The molecule has 10 heteroatoms. The molecule has 2 aliphatic rings. The minimum atomic E-state index is -1.58. The van der Waals surface area contributed by atoms with Crippen LogP contribution in [0.4, 0.5) is 4.39 Å². The second-order valence-electron chi connectivity index (χ2n) is 9.11. The molecule has 0 radical (unpaired) electrons. The number of carbonyl (C=O) groups excluding carboxylic acids is 2. The lowest BCUT2D eigenvalue weighted by molar-refractivity contribution is -0.136. The molecular weight excluding hydrogens is 516 g/mol. The van der Waals surface area contributed by atoms with Crippen LogP contribution in [0, 0.1) is 5.92 Å². The number of nitrogens with zero attached hydrogens (tertiary/aromatic N) is 1. The van der Waals surface area contributed by atoms with Gasteiger partial charge in [0.2, 0.25) is 11.8 Å². The van der Waals surface area contributed by atoms with Gasteiger partial charge >= 0.3 is 0 Å². The van der Waals surface area contributed by atoms with Gasteiger partial charge in [0.05, 0.1) is 27.3 Å². The van der Waals surface area contributed by atoms with Crippen molar-refractivity contribution in [2.45, 2.75) is 44.4 Å². The third kappa shape index (κ3) is 5.27. The normalized spacial score (nSPS) is 25.3. The minimum Gasteiger partial charge on any atom is -0.384 e. The van der Waals surface area contributed by atoms with E-state index >= 15 is 4.39 Å². The van der Waals surface area contributed by atoms with Gasteiger partial charge in [0.1, 0.15) is 5.67 Å². The van der Waals surface area contributed by atoms with E-state index in [1.54, 1.807) is 43.3 Å². The molecule has 0 aromatic heterocycles. The van der Waals surface area contributed by atoms with E-state index in [0.717, 1.165) is 11.1 Å². The van der Waals surface area contributed by atoms with Crippen molar-refractivity contribution in [3.8, 4) is 0 Å². The van der Waals surface area contributed by atoms with E-state index in [2.05, 4.69) is 15.8 Å². The highest BCUT2D eigenvalue weighted by atomic mass is 35.5. The van der Waals surface area contributed by atoms with Crippen molar-refractivity contribution < 1.29 is 18.8 Å². The Hall–Kier alpha value is -2.35. The molecule has 6 nitrogen and oxygen atoms in total. The first-order valence-corrected chi connectivity index (χ1v) is 12.4. The fourth-order valence-corrected chi connectivity index (χ4v) is 4.98. The maximum absolute atomic E-state index is 15.4. The van der Waals surface area contributed by atoms with E-state index in [1.165, 1.54) is 0 Å². The zero-order valence-electron chi connectivity index (χ0n) is 19.3. The molecule has 0 bridgehead atoms. The molecule has 4 rings (SSSR count). The van der Waals surface area contributed by atoms with Crippen LogP contribution in [-0.2, 0) is 25.7 Å². The van der Waals surface area contributed by atoms with E-state index in [1.807, 2.05) is 6.92 Å². The number of hydrogen-bond donors (Lipinski definition) is 2. The van der Waals surface area contributed by atoms with Crippen molar-refractivity contribution in [2.75, 3.05) is 13.1 Å². The molecule has 0 saturated heterocycles. The van der Waals surface area contributed by atoms with Crippen LogP contribution in [0.2, 0.25) is 15.1 Å². The fraction of sp³-hybridized carbons (Fsp3) is 0.400. The van der Waals surface area contributed by atoms with E-state index in [9.17, 15) is 9.59 Å². The number of nitrogens with one attached hydrogen (secondary N) is 2. The van der Waals surface area contributed by atoms with Crippen molar-refractivity contribution in [2.24, 2.45) is 11.1 Å². The number of halogens is 4. The van der Waals surface area contributed by atoms with E-state index < -0.39 is 17.2 Å². The van der Waals surface area contributed by atoms with Crippen molar-refractivity contribution in [1.82, 2.24) is 10.6 Å². The van der Waals surface area contributed by atoms with Crippen LogP contribution in [0.5, 0.6) is 0 Å². The zero-order valence-corrected chi connectivity index (χ0v) is 21.5. The molecule has 186 valence electrons. The number of hydrogen-bond acceptors (Lipinski definition) is 4. The molecule has 2 amide bonds. The highest BCUT2D eigenvalue weighted by Gasteiger charge is 2.49. The Labute approximate surface area is 218 Å². The molecule has 2 aromatic carbocycles. The van der Waals surface area contributed by atoms with Crippen LogP contribution in [0.25, 0.3) is 0 Å². The number of likely N-dealkylation sites (N-methyl/N-ethyl adjacent to an activating group) is 1. The Morgan fingerprint density at radius 1 is 1.09 bits per heavy atom. The van der Waals surface area contributed by atoms with Crippen LogP contribution in [0.1, 0.15) is 49.8 Å². The first-order valence-electron chi connectivity index (χ1n) is 11.3. The van der Waals surface area contributed by atoms with Crippen LogP contribution in [0.15, 0.2) is 41.6 Å². The fourth-order valence-electron chi connectivity index (χ4n) is 4.39. The van der Waals surface area contributed by atoms with Crippen molar-refractivity contribution >= 4 is 52.3 Å². The summed E-state index contributed by atoms with van der Waals surface area (Å²) in [6.45, 7) is 4.07. The Morgan fingerprint density at radius 2 is 1.71 bits per heavy atom. The molecule has 2 aromatic rings. The van der Waals surface area contributed by atoms with Crippen LogP contribution in [-0.4, -0.2) is 30.6 Å². The number of amides is 2. The number of carbonyl (C=O) groups is 2. The van der Waals surface area contributed by atoms with E-state index in [4.69, 9.17) is 39.6 Å². The molecule has 0 spiro atoms. The van der Waals surface area contributed by atoms with Crippen molar-refractivity contribution in [1.29, 1.82) is 0 Å². The Morgan fingerprint density at radius 3 is 2.31 bits per heavy atom. The van der Waals surface area contributed by atoms with Gasteiger partial charge in [-0.25, -0.2) is 4.39 Å². The summed E-state index contributed by atoms with van der Waals surface area (Å²) < 4.78 is 15.4. The molecule has 1 fully saturated rings. The summed E-state index contributed by atoms with van der Waals surface area (Å²) in [6.07, 6.45) is 0.622. The molecular formula is C25H25Cl3FN3O3. The largest absolute Gasteiger partial charge is 0.384 e. The summed E-state index contributed by atoms with van der Waals surface area (Å²) in [6, 6.07) is 10.5.